The van der Waals surface area contributed by atoms with E-state index in [1.54, 1.807) is 19.1 Å². The van der Waals surface area contributed by atoms with E-state index in [0.29, 0.717) is 6.61 Å². The van der Waals surface area contributed by atoms with Crippen molar-refractivity contribution in [3.63, 3.8) is 0 Å². The van der Waals surface area contributed by atoms with Crippen LogP contribution in [-0.4, -0.2) is 24.0 Å². The van der Waals surface area contributed by atoms with Gasteiger partial charge in [0.2, 0.25) is 0 Å². The highest BCUT2D eigenvalue weighted by Crippen LogP contribution is 2.24. The molecule has 1 unspecified atom stereocenters. The van der Waals surface area contributed by atoms with E-state index in [-0.39, 0.29) is 30.5 Å². The van der Waals surface area contributed by atoms with Crippen molar-refractivity contribution in [1.82, 2.24) is 0 Å². The molecule has 0 aliphatic carbocycles. The van der Waals surface area contributed by atoms with E-state index in [2.05, 4.69) is 0 Å². The number of aldehydes is 1. The molecule has 0 fully saturated rings. The molecule has 17 heavy (non-hydrogen) atoms. The van der Waals surface area contributed by atoms with Gasteiger partial charge in [0.05, 0.1) is 13.0 Å². The minimum Gasteiger partial charge on any atom is -0.508 e. The second kappa shape index (κ2) is 6.68. The number of esters is 1. The number of hydrogen-bond donors (Lipinski definition) is 1. The Labute approximate surface area is 100 Å². The van der Waals surface area contributed by atoms with Crippen LogP contribution in [0.25, 0.3) is 0 Å². The molecule has 0 bridgehead atoms. The normalized spacial score (nSPS) is 11.8. The third-order valence-electron chi connectivity index (χ3n) is 2.46. The second-order valence-electron chi connectivity index (χ2n) is 3.70. The zero-order chi connectivity index (χ0) is 12.7. The number of carbonyl (C=O) groups excluding carboxylic acids is 2. The summed E-state index contributed by atoms with van der Waals surface area (Å²) in [5, 5.41) is 9.17. The molecular formula is C13H16O4. The van der Waals surface area contributed by atoms with Crippen LogP contribution in [0, 0.1) is 0 Å². The van der Waals surface area contributed by atoms with Crippen LogP contribution in [0.15, 0.2) is 24.3 Å². The van der Waals surface area contributed by atoms with Gasteiger partial charge in [-0.05, 0) is 24.6 Å². The van der Waals surface area contributed by atoms with E-state index in [1.165, 1.54) is 12.1 Å². The van der Waals surface area contributed by atoms with Crippen LogP contribution in [0.2, 0.25) is 0 Å². The van der Waals surface area contributed by atoms with Gasteiger partial charge >= 0.3 is 5.97 Å². The van der Waals surface area contributed by atoms with Gasteiger partial charge in [-0.1, -0.05) is 12.1 Å². The lowest BCUT2D eigenvalue weighted by Gasteiger charge is -2.13. The fraction of sp³-hybridized carbons (Fsp3) is 0.385. The maximum Gasteiger partial charge on any atom is 0.306 e. The number of ether oxygens (including phenoxy) is 1. The molecule has 0 saturated heterocycles. The number of aromatic hydroxyl groups is 1. The van der Waals surface area contributed by atoms with Gasteiger partial charge in [-0.15, -0.1) is 0 Å². The van der Waals surface area contributed by atoms with Gasteiger partial charge in [0, 0.05) is 12.3 Å². The van der Waals surface area contributed by atoms with Crippen LogP contribution in [0.3, 0.4) is 0 Å². The fourth-order valence-corrected chi connectivity index (χ4v) is 1.62. The average Bonchev–Trinajstić information content (AvgIpc) is 2.30. The first-order valence-electron chi connectivity index (χ1n) is 5.55. The summed E-state index contributed by atoms with van der Waals surface area (Å²) >= 11 is 0. The van der Waals surface area contributed by atoms with Crippen molar-refractivity contribution in [2.45, 2.75) is 25.7 Å². The van der Waals surface area contributed by atoms with Crippen molar-refractivity contribution >= 4 is 12.3 Å². The SMILES string of the molecule is CCOC(=O)CC(CC=O)c1ccc(O)cc1. The van der Waals surface area contributed by atoms with Crippen LogP contribution >= 0.6 is 0 Å². The number of carbonyl (C=O) groups is 2. The van der Waals surface area contributed by atoms with Gasteiger partial charge in [-0.25, -0.2) is 0 Å². The minimum absolute atomic E-state index is 0.162. The van der Waals surface area contributed by atoms with Gasteiger partial charge < -0.3 is 14.6 Å². The van der Waals surface area contributed by atoms with E-state index in [0.717, 1.165) is 11.8 Å². The van der Waals surface area contributed by atoms with Crippen LogP contribution < -0.4 is 0 Å². The monoisotopic (exact) mass is 236 g/mol. The number of benzene rings is 1. The molecule has 0 amide bonds. The molecule has 1 N–H and O–H groups in total. The summed E-state index contributed by atoms with van der Waals surface area (Å²) in [6.45, 7) is 2.08. The third-order valence-corrected chi connectivity index (χ3v) is 2.46. The molecule has 1 aromatic rings. The van der Waals surface area contributed by atoms with Crippen molar-refractivity contribution in [2.75, 3.05) is 6.61 Å². The minimum atomic E-state index is -0.313. The van der Waals surface area contributed by atoms with Crippen LogP contribution in [0.4, 0.5) is 0 Å². The topological polar surface area (TPSA) is 63.6 Å². The maximum atomic E-state index is 11.4. The summed E-state index contributed by atoms with van der Waals surface area (Å²) in [7, 11) is 0. The molecule has 92 valence electrons. The van der Waals surface area contributed by atoms with Crippen molar-refractivity contribution in [3.8, 4) is 5.75 Å². The quantitative estimate of drug-likeness (QED) is 0.606. The molecule has 4 heteroatoms. The zero-order valence-electron chi connectivity index (χ0n) is 9.76. The van der Waals surface area contributed by atoms with E-state index in [4.69, 9.17) is 4.74 Å². The largest absolute Gasteiger partial charge is 0.508 e. The maximum absolute atomic E-state index is 11.4. The Bertz CT molecular complexity index is 370. The molecule has 1 aromatic carbocycles. The standard InChI is InChI=1S/C13H16O4/c1-2-17-13(16)9-11(7-8-14)10-3-5-12(15)6-4-10/h3-6,8,11,15H,2,7,9H2,1H3. The number of hydrogen-bond acceptors (Lipinski definition) is 4. The molecule has 4 nitrogen and oxygen atoms in total. The summed E-state index contributed by atoms with van der Waals surface area (Å²) < 4.78 is 4.86. The molecular weight excluding hydrogens is 220 g/mol. The number of phenolic OH excluding ortho intramolecular Hbond substituents is 1. The van der Waals surface area contributed by atoms with Crippen LogP contribution in [0.5, 0.6) is 5.75 Å². The van der Waals surface area contributed by atoms with Crippen LogP contribution in [-0.2, 0) is 14.3 Å². The van der Waals surface area contributed by atoms with Crippen molar-refractivity contribution < 1.29 is 19.4 Å². The Hall–Kier alpha value is -1.84. The molecule has 0 aliphatic rings. The van der Waals surface area contributed by atoms with Gasteiger partial charge in [0.25, 0.3) is 0 Å². The molecule has 0 aliphatic heterocycles. The molecule has 0 spiro atoms. The number of phenols is 1. The average molecular weight is 236 g/mol. The highest BCUT2D eigenvalue weighted by atomic mass is 16.5. The molecule has 0 aromatic heterocycles. The van der Waals surface area contributed by atoms with Gasteiger partial charge in [0.15, 0.2) is 0 Å². The molecule has 0 radical (unpaired) electrons. The number of rotatable bonds is 6. The molecule has 1 rings (SSSR count). The lowest BCUT2D eigenvalue weighted by molar-refractivity contribution is -0.143. The lowest BCUT2D eigenvalue weighted by atomic mass is 9.93. The van der Waals surface area contributed by atoms with E-state index < -0.39 is 0 Å². The Kier molecular flexibility index (Phi) is 5.20. The first-order valence-corrected chi connectivity index (χ1v) is 5.55. The predicted octanol–water partition coefficient (Wildman–Crippen LogP) is 2.02. The van der Waals surface area contributed by atoms with E-state index >= 15 is 0 Å². The Morgan fingerprint density at radius 3 is 2.59 bits per heavy atom. The fourth-order valence-electron chi connectivity index (χ4n) is 1.62. The Morgan fingerprint density at radius 2 is 2.06 bits per heavy atom. The Balaban J connectivity index is 2.74. The van der Waals surface area contributed by atoms with Crippen molar-refractivity contribution in [2.24, 2.45) is 0 Å². The van der Waals surface area contributed by atoms with Crippen molar-refractivity contribution in [3.05, 3.63) is 29.8 Å². The van der Waals surface area contributed by atoms with Crippen molar-refractivity contribution in [1.29, 1.82) is 0 Å². The van der Waals surface area contributed by atoms with Gasteiger partial charge in [0.1, 0.15) is 12.0 Å². The molecule has 0 heterocycles. The summed E-state index contributed by atoms with van der Waals surface area (Å²) in [5.74, 6) is -0.339. The van der Waals surface area contributed by atoms with E-state index in [1.807, 2.05) is 0 Å². The zero-order valence-corrected chi connectivity index (χ0v) is 9.76. The highest BCUT2D eigenvalue weighted by Gasteiger charge is 2.16. The van der Waals surface area contributed by atoms with Gasteiger partial charge in [-0.3, -0.25) is 4.79 Å². The first-order chi connectivity index (χ1) is 8.17. The highest BCUT2D eigenvalue weighted by molar-refractivity contribution is 5.71. The first kappa shape index (κ1) is 13.2. The lowest BCUT2D eigenvalue weighted by Crippen LogP contribution is -2.11. The van der Waals surface area contributed by atoms with Gasteiger partial charge in [-0.2, -0.15) is 0 Å². The summed E-state index contributed by atoms with van der Waals surface area (Å²) in [5.41, 5.74) is 0.850. The smallest absolute Gasteiger partial charge is 0.306 e. The third kappa shape index (κ3) is 4.26. The molecule has 1 atom stereocenters. The second-order valence-corrected chi connectivity index (χ2v) is 3.70. The summed E-state index contributed by atoms with van der Waals surface area (Å²) in [6.07, 6.45) is 1.23. The van der Waals surface area contributed by atoms with E-state index in [9.17, 15) is 14.7 Å². The van der Waals surface area contributed by atoms with Crippen LogP contribution in [0.1, 0.15) is 31.2 Å². The summed E-state index contributed by atoms with van der Waals surface area (Å²) in [6, 6.07) is 6.50. The Morgan fingerprint density at radius 1 is 1.41 bits per heavy atom. The molecule has 0 saturated carbocycles. The summed E-state index contributed by atoms with van der Waals surface area (Å²) in [4.78, 5) is 22.0. The predicted molar refractivity (Wildman–Crippen MR) is 62.8 cm³/mol.